The van der Waals surface area contributed by atoms with Crippen molar-refractivity contribution in [3.05, 3.63) is 23.4 Å². The van der Waals surface area contributed by atoms with Gasteiger partial charge in [-0.25, -0.2) is 4.98 Å². The van der Waals surface area contributed by atoms with E-state index in [1.807, 2.05) is 6.20 Å². The molecule has 0 aliphatic carbocycles. The third-order valence-electron chi connectivity index (χ3n) is 3.41. The van der Waals surface area contributed by atoms with Crippen LogP contribution < -0.4 is 10.2 Å². The summed E-state index contributed by atoms with van der Waals surface area (Å²) in [5, 5.41) is 3.33. The smallest absolute Gasteiger partial charge is 0.131 e. The largest absolute Gasteiger partial charge is 0.372 e. The van der Waals surface area contributed by atoms with Crippen molar-refractivity contribution < 1.29 is 4.74 Å². The summed E-state index contributed by atoms with van der Waals surface area (Å²) in [5.41, 5.74) is 2.49. The van der Waals surface area contributed by atoms with E-state index >= 15 is 0 Å². The highest BCUT2D eigenvalue weighted by Gasteiger charge is 2.24. The fourth-order valence-electron chi connectivity index (χ4n) is 2.67. The van der Waals surface area contributed by atoms with Gasteiger partial charge in [0.05, 0.1) is 12.2 Å². The van der Waals surface area contributed by atoms with Crippen LogP contribution in [0.2, 0.25) is 0 Å². The van der Waals surface area contributed by atoms with E-state index in [9.17, 15) is 0 Å². The highest BCUT2D eigenvalue weighted by Crippen LogP contribution is 2.22. The molecule has 1 aromatic rings. The monoisotopic (exact) mass is 263 g/mol. The molecule has 0 bridgehead atoms. The van der Waals surface area contributed by atoms with Gasteiger partial charge in [0, 0.05) is 25.8 Å². The normalized spacial score (nSPS) is 23.7. The first-order valence-electron chi connectivity index (χ1n) is 7.16. The van der Waals surface area contributed by atoms with Gasteiger partial charge in [0.1, 0.15) is 5.82 Å². The van der Waals surface area contributed by atoms with Crippen molar-refractivity contribution in [2.75, 3.05) is 24.5 Å². The molecule has 2 heterocycles. The lowest BCUT2D eigenvalue weighted by Crippen LogP contribution is -2.46. The third-order valence-corrected chi connectivity index (χ3v) is 3.41. The van der Waals surface area contributed by atoms with Crippen LogP contribution in [0.5, 0.6) is 0 Å². The lowest BCUT2D eigenvalue weighted by atomic mass is 10.1. The van der Waals surface area contributed by atoms with Gasteiger partial charge < -0.3 is 15.0 Å². The second kappa shape index (κ2) is 6.35. The Hall–Kier alpha value is -1.13. The molecule has 0 saturated carbocycles. The number of aromatic nitrogens is 1. The minimum atomic E-state index is 0.270. The van der Waals surface area contributed by atoms with Gasteiger partial charge in [-0.1, -0.05) is 6.92 Å². The van der Waals surface area contributed by atoms with Gasteiger partial charge >= 0.3 is 0 Å². The molecular weight excluding hydrogens is 238 g/mol. The van der Waals surface area contributed by atoms with E-state index in [0.29, 0.717) is 0 Å². The van der Waals surface area contributed by atoms with Crippen molar-refractivity contribution in [3.8, 4) is 0 Å². The van der Waals surface area contributed by atoms with Crippen LogP contribution in [-0.4, -0.2) is 36.8 Å². The molecule has 4 nitrogen and oxygen atoms in total. The summed E-state index contributed by atoms with van der Waals surface area (Å²) in [7, 11) is 0. The minimum Gasteiger partial charge on any atom is -0.372 e. The van der Waals surface area contributed by atoms with E-state index in [1.165, 1.54) is 11.1 Å². The van der Waals surface area contributed by atoms with Crippen LogP contribution in [0.4, 0.5) is 5.82 Å². The average Bonchev–Trinajstić information content (AvgIpc) is 2.35. The number of rotatable bonds is 4. The molecule has 106 valence electrons. The van der Waals surface area contributed by atoms with Crippen LogP contribution in [0.1, 0.15) is 31.9 Å². The highest BCUT2D eigenvalue weighted by molar-refractivity contribution is 5.48. The second-order valence-corrected chi connectivity index (χ2v) is 5.43. The number of hydrogen-bond donors (Lipinski definition) is 1. The number of aryl methyl sites for hydroxylation is 1. The minimum absolute atomic E-state index is 0.270. The van der Waals surface area contributed by atoms with Crippen LogP contribution in [0.15, 0.2) is 12.3 Å². The summed E-state index contributed by atoms with van der Waals surface area (Å²) in [6, 6.07) is 2.23. The highest BCUT2D eigenvalue weighted by atomic mass is 16.5. The molecule has 0 spiro atoms. The van der Waals surface area contributed by atoms with Crippen LogP contribution in [0.25, 0.3) is 0 Å². The van der Waals surface area contributed by atoms with Gasteiger partial charge in [0.2, 0.25) is 0 Å². The van der Waals surface area contributed by atoms with Crippen molar-refractivity contribution in [2.24, 2.45) is 0 Å². The lowest BCUT2D eigenvalue weighted by molar-refractivity contribution is -0.00549. The molecule has 0 aromatic carbocycles. The fourth-order valence-corrected chi connectivity index (χ4v) is 2.67. The van der Waals surface area contributed by atoms with E-state index in [0.717, 1.165) is 32.0 Å². The summed E-state index contributed by atoms with van der Waals surface area (Å²) < 4.78 is 5.78. The molecule has 1 aromatic heterocycles. The maximum Gasteiger partial charge on any atom is 0.131 e. The average molecular weight is 263 g/mol. The van der Waals surface area contributed by atoms with Crippen molar-refractivity contribution >= 4 is 5.82 Å². The molecule has 1 aliphatic heterocycles. The summed E-state index contributed by atoms with van der Waals surface area (Å²) in [4.78, 5) is 6.99. The van der Waals surface area contributed by atoms with Gasteiger partial charge in [-0.3, -0.25) is 0 Å². The number of anilines is 1. The van der Waals surface area contributed by atoms with E-state index in [-0.39, 0.29) is 12.2 Å². The van der Waals surface area contributed by atoms with E-state index < -0.39 is 0 Å². The Morgan fingerprint density at radius 3 is 2.63 bits per heavy atom. The molecular formula is C15H25N3O. The standard InChI is InChI=1S/C15H25N3O/c1-5-16-7-14-6-11(2)15(17-8-14)18-9-12(3)19-13(4)10-18/h6,8,12-13,16H,5,7,9-10H2,1-4H3/t12-,13+. The SMILES string of the molecule is CCNCc1cnc(N2C[C@@H](C)O[C@@H](C)C2)c(C)c1. The molecule has 2 atom stereocenters. The van der Waals surface area contributed by atoms with Gasteiger partial charge in [0.25, 0.3) is 0 Å². The zero-order valence-corrected chi connectivity index (χ0v) is 12.4. The van der Waals surface area contributed by atoms with E-state index in [4.69, 9.17) is 4.74 Å². The molecule has 1 fully saturated rings. The van der Waals surface area contributed by atoms with Gasteiger partial charge in [-0.15, -0.1) is 0 Å². The molecule has 2 rings (SSSR count). The van der Waals surface area contributed by atoms with Crippen molar-refractivity contribution in [1.82, 2.24) is 10.3 Å². The quantitative estimate of drug-likeness (QED) is 0.903. The maximum atomic E-state index is 5.78. The first-order chi connectivity index (χ1) is 9.10. The molecule has 19 heavy (non-hydrogen) atoms. The summed E-state index contributed by atoms with van der Waals surface area (Å²) in [5.74, 6) is 1.10. The van der Waals surface area contributed by atoms with E-state index in [1.54, 1.807) is 0 Å². The molecule has 1 saturated heterocycles. The molecule has 1 aliphatic rings. The Morgan fingerprint density at radius 2 is 2.05 bits per heavy atom. The molecule has 4 heteroatoms. The van der Waals surface area contributed by atoms with Gasteiger partial charge in [0.15, 0.2) is 0 Å². The first-order valence-corrected chi connectivity index (χ1v) is 7.16. The Labute approximate surface area is 116 Å². The Morgan fingerprint density at radius 1 is 1.37 bits per heavy atom. The van der Waals surface area contributed by atoms with E-state index in [2.05, 4.69) is 49.0 Å². The van der Waals surface area contributed by atoms with Gasteiger partial charge in [-0.05, 0) is 44.5 Å². The Bertz CT molecular complexity index is 412. The molecule has 1 N–H and O–H groups in total. The van der Waals surface area contributed by atoms with Crippen LogP contribution in [-0.2, 0) is 11.3 Å². The molecule has 0 unspecified atom stereocenters. The summed E-state index contributed by atoms with van der Waals surface area (Å²) >= 11 is 0. The number of morpholine rings is 1. The predicted octanol–water partition coefficient (Wildman–Crippen LogP) is 2.11. The zero-order chi connectivity index (χ0) is 13.8. The lowest BCUT2D eigenvalue weighted by Gasteiger charge is -2.36. The Kier molecular flexibility index (Phi) is 4.77. The second-order valence-electron chi connectivity index (χ2n) is 5.43. The van der Waals surface area contributed by atoms with Crippen LogP contribution in [0, 0.1) is 6.92 Å². The number of hydrogen-bond acceptors (Lipinski definition) is 4. The first kappa shape index (κ1) is 14.3. The fraction of sp³-hybridized carbons (Fsp3) is 0.667. The maximum absolute atomic E-state index is 5.78. The number of nitrogens with zero attached hydrogens (tertiary/aromatic N) is 2. The summed E-state index contributed by atoms with van der Waals surface area (Å²) in [6.07, 6.45) is 2.52. The zero-order valence-electron chi connectivity index (χ0n) is 12.4. The topological polar surface area (TPSA) is 37.4 Å². The number of ether oxygens (including phenoxy) is 1. The van der Waals surface area contributed by atoms with Crippen molar-refractivity contribution in [3.63, 3.8) is 0 Å². The van der Waals surface area contributed by atoms with Crippen molar-refractivity contribution in [2.45, 2.75) is 46.4 Å². The van der Waals surface area contributed by atoms with Crippen LogP contribution in [0.3, 0.4) is 0 Å². The van der Waals surface area contributed by atoms with Crippen LogP contribution >= 0.6 is 0 Å². The number of pyridine rings is 1. The van der Waals surface area contributed by atoms with Crippen molar-refractivity contribution in [1.29, 1.82) is 0 Å². The molecule has 0 radical (unpaired) electrons. The predicted molar refractivity (Wildman–Crippen MR) is 78.6 cm³/mol. The molecule has 0 amide bonds. The third kappa shape index (κ3) is 3.67. The number of nitrogens with one attached hydrogen (secondary N) is 1. The van der Waals surface area contributed by atoms with Gasteiger partial charge in [-0.2, -0.15) is 0 Å². The Balaban J connectivity index is 2.11. The summed E-state index contributed by atoms with van der Waals surface area (Å²) in [6.45, 7) is 12.2.